The van der Waals surface area contributed by atoms with Gasteiger partial charge in [0.05, 0.1) is 0 Å². The van der Waals surface area contributed by atoms with Crippen molar-refractivity contribution in [2.24, 2.45) is 5.73 Å². The van der Waals surface area contributed by atoms with E-state index in [1.165, 1.54) is 18.5 Å². The van der Waals surface area contributed by atoms with Crippen LogP contribution in [0.5, 0.6) is 0 Å². The minimum absolute atomic E-state index is 0.149. The van der Waals surface area contributed by atoms with Crippen molar-refractivity contribution in [2.75, 3.05) is 18.5 Å². The summed E-state index contributed by atoms with van der Waals surface area (Å²) in [5.74, 6) is 0. The normalized spacial score (nSPS) is 12.5. The molecular formula is C14H23ClN2. The number of anilines is 1. The van der Waals surface area contributed by atoms with E-state index in [0.717, 1.165) is 23.6 Å². The van der Waals surface area contributed by atoms with E-state index in [9.17, 15) is 0 Å². The second-order valence-corrected chi connectivity index (χ2v) is 5.14. The Morgan fingerprint density at radius 3 is 2.65 bits per heavy atom. The van der Waals surface area contributed by atoms with Crippen LogP contribution < -0.4 is 10.6 Å². The van der Waals surface area contributed by atoms with E-state index in [-0.39, 0.29) is 6.04 Å². The zero-order chi connectivity index (χ0) is 12.8. The third kappa shape index (κ3) is 4.57. The molecule has 0 heterocycles. The maximum Gasteiger partial charge on any atom is 0.0459 e. The quantitative estimate of drug-likeness (QED) is 0.842. The van der Waals surface area contributed by atoms with Crippen LogP contribution in [0, 0.1) is 0 Å². The number of nitrogens with zero attached hydrogens (tertiary/aromatic N) is 1. The van der Waals surface area contributed by atoms with Gasteiger partial charge in [-0.2, -0.15) is 0 Å². The lowest BCUT2D eigenvalue weighted by molar-refractivity contribution is 0.737. The highest BCUT2D eigenvalue weighted by molar-refractivity contribution is 6.31. The molecule has 1 unspecified atom stereocenters. The third-order valence-electron chi connectivity index (χ3n) is 2.87. The van der Waals surface area contributed by atoms with Gasteiger partial charge in [-0.1, -0.05) is 31.0 Å². The summed E-state index contributed by atoms with van der Waals surface area (Å²) in [4.78, 5) is 2.24. The topological polar surface area (TPSA) is 29.3 Å². The predicted octanol–water partition coefficient (Wildman–Crippen LogP) is 3.47. The number of benzene rings is 1. The molecule has 2 nitrogen and oxygen atoms in total. The first-order valence-electron chi connectivity index (χ1n) is 6.29. The van der Waals surface area contributed by atoms with Gasteiger partial charge >= 0.3 is 0 Å². The van der Waals surface area contributed by atoms with Crippen molar-refractivity contribution in [3.63, 3.8) is 0 Å². The fourth-order valence-electron chi connectivity index (χ4n) is 1.81. The number of unbranched alkanes of at least 4 members (excludes halogenated alkanes) is 1. The molecular weight excluding hydrogens is 232 g/mol. The molecule has 0 bridgehead atoms. The molecule has 0 aliphatic carbocycles. The summed E-state index contributed by atoms with van der Waals surface area (Å²) in [5, 5.41) is 0.822. The van der Waals surface area contributed by atoms with E-state index in [1.807, 2.05) is 13.0 Å². The van der Waals surface area contributed by atoms with Crippen LogP contribution in [-0.2, 0) is 6.42 Å². The van der Waals surface area contributed by atoms with Crippen molar-refractivity contribution in [2.45, 2.75) is 39.2 Å². The van der Waals surface area contributed by atoms with E-state index >= 15 is 0 Å². The Morgan fingerprint density at radius 1 is 1.41 bits per heavy atom. The molecule has 0 aliphatic heterocycles. The number of rotatable bonds is 6. The van der Waals surface area contributed by atoms with Gasteiger partial charge in [-0.15, -0.1) is 0 Å². The SMILES string of the molecule is CCCCN(C)c1ccc(CC(C)N)c(Cl)c1. The number of hydrogen-bond donors (Lipinski definition) is 1. The molecule has 0 amide bonds. The van der Waals surface area contributed by atoms with Crippen molar-refractivity contribution in [3.05, 3.63) is 28.8 Å². The summed E-state index contributed by atoms with van der Waals surface area (Å²) in [6, 6.07) is 6.40. The van der Waals surface area contributed by atoms with Crippen LogP contribution in [0.1, 0.15) is 32.3 Å². The standard InChI is InChI=1S/C14H23ClN2/c1-4-5-8-17(3)13-7-6-12(9-11(2)16)14(15)10-13/h6-7,10-11H,4-5,8-9,16H2,1-3H3. The summed E-state index contributed by atoms with van der Waals surface area (Å²) < 4.78 is 0. The average molecular weight is 255 g/mol. The third-order valence-corrected chi connectivity index (χ3v) is 3.22. The van der Waals surface area contributed by atoms with Gasteiger partial charge in [0, 0.05) is 30.3 Å². The van der Waals surface area contributed by atoms with Crippen LogP contribution in [-0.4, -0.2) is 19.6 Å². The van der Waals surface area contributed by atoms with E-state index in [1.54, 1.807) is 0 Å². The number of hydrogen-bond acceptors (Lipinski definition) is 2. The molecule has 96 valence electrons. The largest absolute Gasteiger partial charge is 0.375 e. The molecule has 1 aromatic rings. The van der Waals surface area contributed by atoms with Crippen LogP contribution in [0.2, 0.25) is 5.02 Å². The highest BCUT2D eigenvalue weighted by Gasteiger charge is 2.06. The monoisotopic (exact) mass is 254 g/mol. The van der Waals surface area contributed by atoms with Gasteiger partial charge in [0.15, 0.2) is 0 Å². The second kappa shape index (κ2) is 6.87. The molecule has 2 N–H and O–H groups in total. The zero-order valence-corrected chi connectivity index (χ0v) is 11.8. The van der Waals surface area contributed by atoms with Crippen LogP contribution in [0.25, 0.3) is 0 Å². The first-order chi connectivity index (χ1) is 8.04. The van der Waals surface area contributed by atoms with Gasteiger partial charge in [0.1, 0.15) is 0 Å². The molecule has 1 atom stereocenters. The molecule has 0 aromatic heterocycles. The Morgan fingerprint density at radius 2 is 2.12 bits per heavy atom. The molecule has 0 fully saturated rings. The van der Waals surface area contributed by atoms with Crippen molar-refractivity contribution in [1.29, 1.82) is 0 Å². The molecule has 0 radical (unpaired) electrons. The van der Waals surface area contributed by atoms with E-state index in [4.69, 9.17) is 17.3 Å². The summed E-state index contributed by atoms with van der Waals surface area (Å²) in [5.41, 5.74) is 8.10. The van der Waals surface area contributed by atoms with E-state index < -0.39 is 0 Å². The number of halogens is 1. The van der Waals surface area contributed by atoms with Crippen molar-refractivity contribution >= 4 is 17.3 Å². The van der Waals surface area contributed by atoms with Crippen LogP contribution in [0.15, 0.2) is 18.2 Å². The Bertz CT molecular complexity index is 350. The molecule has 1 aromatic carbocycles. The molecule has 3 heteroatoms. The maximum absolute atomic E-state index is 6.27. The Balaban J connectivity index is 2.73. The molecule has 0 spiro atoms. The Kier molecular flexibility index (Phi) is 5.79. The number of nitrogens with two attached hydrogens (primary N) is 1. The minimum Gasteiger partial charge on any atom is -0.375 e. The fraction of sp³-hybridized carbons (Fsp3) is 0.571. The van der Waals surface area contributed by atoms with Gasteiger partial charge in [-0.25, -0.2) is 0 Å². The lowest BCUT2D eigenvalue weighted by Crippen LogP contribution is -2.19. The Hall–Kier alpha value is -0.730. The minimum atomic E-state index is 0.149. The summed E-state index contributed by atoms with van der Waals surface area (Å²) in [6.07, 6.45) is 3.24. The van der Waals surface area contributed by atoms with E-state index in [2.05, 4.69) is 31.0 Å². The van der Waals surface area contributed by atoms with Crippen molar-refractivity contribution in [3.8, 4) is 0 Å². The van der Waals surface area contributed by atoms with Crippen molar-refractivity contribution < 1.29 is 0 Å². The van der Waals surface area contributed by atoms with Gasteiger partial charge in [-0.3, -0.25) is 0 Å². The molecule has 1 rings (SSSR count). The smallest absolute Gasteiger partial charge is 0.0459 e. The Labute approximate surface area is 110 Å². The first-order valence-corrected chi connectivity index (χ1v) is 6.67. The zero-order valence-electron chi connectivity index (χ0n) is 11.0. The van der Waals surface area contributed by atoms with Crippen LogP contribution in [0.4, 0.5) is 5.69 Å². The van der Waals surface area contributed by atoms with Gasteiger partial charge in [0.25, 0.3) is 0 Å². The highest BCUT2D eigenvalue weighted by atomic mass is 35.5. The lowest BCUT2D eigenvalue weighted by Gasteiger charge is -2.20. The van der Waals surface area contributed by atoms with Crippen LogP contribution in [0.3, 0.4) is 0 Å². The highest BCUT2D eigenvalue weighted by Crippen LogP contribution is 2.24. The van der Waals surface area contributed by atoms with Gasteiger partial charge in [0.2, 0.25) is 0 Å². The average Bonchev–Trinajstić information content (AvgIpc) is 2.28. The van der Waals surface area contributed by atoms with Gasteiger partial charge in [-0.05, 0) is 37.5 Å². The summed E-state index contributed by atoms with van der Waals surface area (Å²) >= 11 is 6.27. The summed E-state index contributed by atoms with van der Waals surface area (Å²) in [6.45, 7) is 5.27. The lowest BCUT2D eigenvalue weighted by atomic mass is 10.1. The summed E-state index contributed by atoms with van der Waals surface area (Å²) in [7, 11) is 2.10. The first kappa shape index (κ1) is 14.3. The fourth-order valence-corrected chi connectivity index (χ4v) is 2.06. The molecule has 17 heavy (non-hydrogen) atoms. The second-order valence-electron chi connectivity index (χ2n) is 4.73. The molecule has 0 aliphatic rings. The van der Waals surface area contributed by atoms with Crippen molar-refractivity contribution in [1.82, 2.24) is 0 Å². The van der Waals surface area contributed by atoms with Gasteiger partial charge < -0.3 is 10.6 Å². The molecule has 0 saturated carbocycles. The predicted molar refractivity (Wildman–Crippen MR) is 77.0 cm³/mol. The maximum atomic E-state index is 6.27. The van der Waals surface area contributed by atoms with Crippen LogP contribution >= 0.6 is 11.6 Å². The van der Waals surface area contributed by atoms with E-state index in [0.29, 0.717) is 0 Å². The molecule has 0 saturated heterocycles.